The quantitative estimate of drug-likeness (QED) is 0.541. The van der Waals surface area contributed by atoms with Gasteiger partial charge in [0.1, 0.15) is 0 Å². The van der Waals surface area contributed by atoms with Crippen LogP contribution in [0.4, 0.5) is 5.13 Å². The largest absolute Gasteiger partial charge is 0.379 e. The summed E-state index contributed by atoms with van der Waals surface area (Å²) in [7, 11) is 0. The topological polar surface area (TPSA) is 45.7 Å². The molecule has 3 aromatic rings. The predicted molar refractivity (Wildman–Crippen MR) is 124 cm³/mol. The third kappa shape index (κ3) is 4.67. The molecule has 0 atom stereocenters. The van der Waals surface area contributed by atoms with Crippen molar-refractivity contribution < 1.29 is 9.53 Å². The van der Waals surface area contributed by atoms with Gasteiger partial charge in [0.15, 0.2) is 5.13 Å². The SMILES string of the molecule is Cc1cccc(C(=O)N(CCCN2CCOCC2)c2nc3c(C)ccc(Cl)c3s2)c1. The number of thiazole rings is 1. The highest BCUT2D eigenvalue weighted by molar-refractivity contribution is 7.23. The number of anilines is 1. The molecule has 0 spiro atoms. The fourth-order valence-electron chi connectivity index (χ4n) is 3.70. The summed E-state index contributed by atoms with van der Waals surface area (Å²) in [5, 5.41) is 1.38. The Hall–Kier alpha value is -1.99. The van der Waals surface area contributed by atoms with Gasteiger partial charge in [-0.05, 0) is 44.0 Å². The maximum atomic E-state index is 13.5. The van der Waals surface area contributed by atoms with Gasteiger partial charge in [-0.1, -0.05) is 46.7 Å². The predicted octanol–water partition coefficient (Wildman–Crippen LogP) is 4.94. The van der Waals surface area contributed by atoms with Crippen molar-refractivity contribution in [3.05, 3.63) is 58.1 Å². The number of benzene rings is 2. The van der Waals surface area contributed by atoms with Gasteiger partial charge in [-0.3, -0.25) is 14.6 Å². The van der Waals surface area contributed by atoms with Crippen LogP contribution in [-0.2, 0) is 4.74 Å². The van der Waals surface area contributed by atoms with Gasteiger partial charge in [0.05, 0.1) is 28.5 Å². The molecule has 1 aromatic heterocycles. The Morgan fingerprint density at radius 3 is 2.77 bits per heavy atom. The molecule has 1 fully saturated rings. The molecule has 1 amide bonds. The number of hydrogen-bond acceptors (Lipinski definition) is 5. The molecular formula is C23H26ClN3O2S. The summed E-state index contributed by atoms with van der Waals surface area (Å²) in [4.78, 5) is 22.5. The second-order valence-corrected chi connectivity index (χ2v) is 9.06. The number of carbonyl (C=O) groups excluding carboxylic acids is 1. The molecule has 0 bridgehead atoms. The first-order valence-electron chi connectivity index (χ1n) is 10.3. The lowest BCUT2D eigenvalue weighted by molar-refractivity contribution is 0.0376. The zero-order chi connectivity index (χ0) is 21.1. The third-order valence-corrected chi connectivity index (χ3v) is 6.93. The molecule has 0 N–H and O–H groups in total. The number of nitrogens with zero attached hydrogens (tertiary/aromatic N) is 3. The van der Waals surface area contributed by atoms with Crippen LogP contribution in [0.5, 0.6) is 0 Å². The van der Waals surface area contributed by atoms with Gasteiger partial charge in [0, 0.05) is 31.7 Å². The molecule has 0 radical (unpaired) electrons. The first-order valence-corrected chi connectivity index (χ1v) is 11.5. The Kier molecular flexibility index (Phi) is 6.68. The first-order chi connectivity index (χ1) is 14.5. The second-order valence-electron chi connectivity index (χ2n) is 7.67. The number of ether oxygens (including phenoxy) is 1. The highest BCUT2D eigenvalue weighted by Crippen LogP contribution is 2.36. The van der Waals surface area contributed by atoms with Gasteiger partial charge in [0.25, 0.3) is 5.91 Å². The second kappa shape index (κ2) is 9.43. The summed E-state index contributed by atoms with van der Waals surface area (Å²) in [5.74, 6) is -0.0199. The number of hydrogen-bond donors (Lipinski definition) is 0. The van der Waals surface area contributed by atoms with Crippen molar-refractivity contribution >= 4 is 44.2 Å². The molecule has 1 aliphatic rings. The summed E-state index contributed by atoms with van der Waals surface area (Å²) in [6, 6.07) is 11.6. The Labute approximate surface area is 186 Å². The van der Waals surface area contributed by atoms with Crippen LogP contribution in [0.3, 0.4) is 0 Å². The first kappa shape index (κ1) is 21.2. The number of amides is 1. The maximum Gasteiger partial charge on any atom is 0.260 e. The number of aryl methyl sites for hydroxylation is 2. The fourth-order valence-corrected chi connectivity index (χ4v) is 5.04. The van der Waals surface area contributed by atoms with Crippen LogP contribution < -0.4 is 4.90 Å². The number of morpholine rings is 1. The lowest BCUT2D eigenvalue weighted by atomic mass is 10.1. The van der Waals surface area contributed by atoms with E-state index in [0.717, 1.165) is 60.6 Å². The van der Waals surface area contributed by atoms with Gasteiger partial charge in [0.2, 0.25) is 0 Å². The van der Waals surface area contributed by atoms with Crippen LogP contribution >= 0.6 is 22.9 Å². The van der Waals surface area contributed by atoms with E-state index in [4.69, 9.17) is 21.3 Å². The van der Waals surface area contributed by atoms with E-state index in [1.54, 1.807) is 0 Å². The van der Waals surface area contributed by atoms with Crippen molar-refractivity contribution in [3.63, 3.8) is 0 Å². The summed E-state index contributed by atoms with van der Waals surface area (Å²) >= 11 is 7.91. The van der Waals surface area contributed by atoms with Crippen LogP contribution in [0.2, 0.25) is 5.02 Å². The van der Waals surface area contributed by atoms with E-state index in [1.807, 2.05) is 55.1 Å². The Morgan fingerprint density at radius 1 is 1.23 bits per heavy atom. The highest BCUT2D eigenvalue weighted by atomic mass is 35.5. The number of halogens is 1. The van der Waals surface area contributed by atoms with Crippen molar-refractivity contribution in [1.82, 2.24) is 9.88 Å². The molecule has 30 heavy (non-hydrogen) atoms. The smallest absolute Gasteiger partial charge is 0.260 e. The van der Waals surface area contributed by atoms with E-state index < -0.39 is 0 Å². The van der Waals surface area contributed by atoms with Gasteiger partial charge >= 0.3 is 0 Å². The van der Waals surface area contributed by atoms with E-state index in [-0.39, 0.29) is 5.91 Å². The van der Waals surface area contributed by atoms with Crippen molar-refractivity contribution in [3.8, 4) is 0 Å². The van der Waals surface area contributed by atoms with Crippen LogP contribution in [0, 0.1) is 13.8 Å². The summed E-state index contributed by atoms with van der Waals surface area (Å²) < 4.78 is 6.37. The molecule has 2 aromatic carbocycles. The summed E-state index contributed by atoms with van der Waals surface area (Å²) in [6.07, 6.45) is 0.875. The molecule has 7 heteroatoms. The summed E-state index contributed by atoms with van der Waals surface area (Å²) in [5.41, 5.74) is 3.69. The van der Waals surface area contributed by atoms with Crippen LogP contribution in [0.25, 0.3) is 10.2 Å². The number of rotatable bonds is 6. The number of aromatic nitrogens is 1. The van der Waals surface area contributed by atoms with Crippen molar-refractivity contribution in [1.29, 1.82) is 0 Å². The number of fused-ring (bicyclic) bond motifs is 1. The van der Waals surface area contributed by atoms with Crippen LogP contribution in [-0.4, -0.2) is 55.2 Å². The van der Waals surface area contributed by atoms with Crippen molar-refractivity contribution in [2.45, 2.75) is 20.3 Å². The normalized spacial score (nSPS) is 14.9. The lowest BCUT2D eigenvalue weighted by Crippen LogP contribution is -2.39. The van der Waals surface area contributed by atoms with E-state index in [1.165, 1.54) is 11.3 Å². The Bertz CT molecular complexity index is 1010. The minimum absolute atomic E-state index is 0.0199. The van der Waals surface area contributed by atoms with E-state index in [2.05, 4.69) is 4.90 Å². The minimum Gasteiger partial charge on any atom is -0.379 e. The maximum absolute atomic E-state index is 13.5. The lowest BCUT2D eigenvalue weighted by Gasteiger charge is -2.27. The standard InChI is InChI=1S/C23H26ClN3O2S/c1-16-5-3-6-18(15-16)22(28)27(10-4-9-26-11-13-29-14-12-26)23-25-20-17(2)7-8-19(24)21(20)30-23/h3,5-8,15H,4,9-14H2,1-2H3. The molecule has 1 aliphatic heterocycles. The summed E-state index contributed by atoms with van der Waals surface area (Å²) in [6.45, 7) is 9.02. The molecule has 0 saturated carbocycles. The van der Waals surface area contributed by atoms with Gasteiger partial charge in [-0.25, -0.2) is 4.98 Å². The Balaban J connectivity index is 1.61. The third-order valence-electron chi connectivity index (χ3n) is 5.39. The molecule has 2 heterocycles. The zero-order valence-electron chi connectivity index (χ0n) is 17.4. The van der Waals surface area contributed by atoms with Gasteiger partial charge in [-0.15, -0.1) is 0 Å². The molecular weight excluding hydrogens is 418 g/mol. The van der Waals surface area contributed by atoms with Gasteiger partial charge in [-0.2, -0.15) is 0 Å². The molecule has 158 valence electrons. The van der Waals surface area contributed by atoms with Crippen molar-refractivity contribution in [2.24, 2.45) is 0 Å². The van der Waals surface area contributed by atoms with Gasteiger partial charge < -0.3 is 4.74 Å². The molecule has 0 unspecified atom stereocenters. The molecule has 1 saturated heterocycles. The van der Waals surface area contributed by atoms with E-state index >= 15 is 0 Å². The highest BCUT2D eigenvalue weighted by Gasteiger charge is 2.23. The number of carbonyl (C=O) groups is 1. The molecule has 0 aliphatic carbocycles. The average Bonchev–Trinajstić information content (AvgIpc) is 3.21. The van der Waals surface area contributed by atoms with E-state index in [9.17, 15) is 4.79 Å². The minimum atomic E-state index is -0.0199. The molecule has 4 rings (SSSR count). The van der Waals surface area contributed by atoms with E-state index in [0.29, 0.717) is 22.3 Å². The zero-order valence-corrected chi connectivity index (χ0v) is 18.9. The van der Waals surface area contributed by atoms with Crippen molar-refractivity contribution in [2.75, 3.05) is 44.3 Å². The van der Waals surface area contributed by atoms with Crippen LogP contribution in [0.15, 0.2) is 36.4 Å². The monoisotopic (exact) mass is 443 g/mol. The fraction of sp³-hybridized carbons (Fsp3) is 0.391. The average molecular weight is 444 g/mol. The molecule has 5 nitrogen and oxygen atoms in total. The van der Waals surface area contributed by atoms with Crippen LogP contribution in [0.1, 0.15) is 27.9 Å². The Morgan fingerprint density at radius 2 is 2.03 bits per heavy atom.